The van der Waals surface area contributed by atoms with Crippen LogP contribution in [0.3, 0.4) is 0 Å². The minimum atomic E-state index is -0.601. The predicted octanol–water partition coefficient (Wildman–Crippen LogP) is 4.59. The van der Waals surface area contributed by atoms with Crippen LogP contribution in [0.1, 0.15) is 15.9 Å². The fraction of sp³-hybridized carbons (Fsp3) is 0.0714. The lowest BCUT2D eigenvalue weighted by atomic mass is 10.0. The van der Waals surface area contributed by atoms with Gasteiger partial charge in [0.1, 0.15) is 11.6 Å². The lowest BCUT2D eigenvalue weighted by molar-refractivity contribution is 0.103. The second kappa shape index (κ2) is 5.84. The van der Waals surface area contributed by atoms with Crippen LogP contribution in [-0.4, -0.2) is 12.9 Å². The van der Waals surface area contributed by atoms with E-state index in [9.17, 15) is 9.18 Å². The molecule has 0 spiro atoms. The van der Waals surface area contributed by atoms with E-state index in [0.29, 0.717) is 15.8 Å². The molecule has 0 bridgehead atoms. The first-order chi connectivity index (χ1) is 9.02. The summed E-state index contributed by atoms with van der Waals surface area (Å²) in [6.07, 6.45) is 0. The van der Waals surface area contributed by atoms with Gasteiger partial charge in [-0.3, -0.25) is 4.79 Å². The van der Waals surface area contributed by atoms with Gasteiger partial charge >= 0.3 is 0 Å². The van der Waals surface area contributed by atoms with E-state index in [-0.39, 0.29) is 11.3 Å². The van der Waals surface area contributed by atoms with E-state index >= 15 is 0 Å². The molecular weight excluding hydrogens is 379 g/mol. The van der Waals surface area contributed by atoms with Crippen LogP contribution in [0, 0.1) is 5.82 Å². The van der Waals surface area contributed by atoms with E-state index < -0.39 is 5.82 Å². The van der Waals surface area contributed by atoms with Gasteiger partial charge in [0.25, 0.3) is 0 Å². The van der Waals surface area contributed by atoms with Crippen molar-refractivity contribution in [3.05, 3.63) is 62.3 Å². The molecule has 0 aromatic heterocycles. The van der Waals surface area contributed by atoms with Gasteiger partial charge in [-0.25, -0.2) is 4.39 Å². The Balaban J connectivity index is 2.47. The fourth-order valence-corrected chi connectivity index (χ4v) is 2.41. The highest BCUT2D eigenvalue weighted by molar-refractivity contribution is 9.11. The topological polar surface area (TPSA) is 26.3 Å². The SMILES string of the molecule is COc1ccc(C(=O)c2cc(Br)ccc2Br)c(F)c1. The summed E-state index contributed by atoms with van der Waals surface area (Å²) >= 11 is 6.58. The Hall–Kier alpha value is -1.20. The minimum absolute atomic E-state index is 0.0135. The number of hydrogen-bond acceptors (Lipinski definition) is 2. The van der Waals surface area contributed by atoms with Crippen LogP contribution in [0.15, 0.2) is 45.3 Å². The molecule has 0 radical (unpaired) electrons. The molecule has 2 aromatic rings. The third-order valence-corrected chi connectivity index (χ3v) is 3.78. The molecule has 5 heteroatoms. The van der Waals surface area contributed by atoms with Crippen LogP contribution in [0.25, 0.3) is 0 Å². The van der Waals surface area contributed by atoms with Gasteiger partial charge < -0.3 is 4.74 Å². The Bertz CT molecular complexity index is 641. The number of ketones is 1. The Morgan fingerprint density at radius 3 is 2.47 bits per heavy atom. The first kappa shape index (κ1) is 14.2. The Kier molecular flexibility index (Phi) is 4.37. The fourth-order valence-electron chi connectivity index (χ4n) is 1.62. The van der Waals surface area contributed by atoms with Gasteiger partial charge in [-0.2, -0.15) is 0 Å². The first-order valence-electron chi connectivity index (χ1n) is 5.36. The van der Waals surface area contributed by atoms with E-state index in [4.69, 9.17) is 4.74 Å². The number of methoxy groups -OCH3 is 1. The van der Waals surface area contributed by atoms with Crippen LogP contribution in [0.5, 0.6) is 5.75 Å². The molecule has 2 nitrogen and oxygen atoms in total. The summed E-state index contributed by atoms with van der Waals surface area (Å²) in [7, 11) is 1.45. The van der Waals surface area contributed by atoms with Gasteiger partial charge in [0.15, 0.2) is 5.78 Å². The molecule has 0 unspecified atom stereocenters. The molecule has 2 aromatic carbocycles. The van der Waals surface area contributed by atoms with E-state index in [2.05, 4.69) is 31.9 Å². The molecule has 0 N–H and O–H groups in total. The van der Waals surface area contributed by atoms with E-state index in [1.54, 1.807) is 24.3 Å². The summed E-state index contributed by atoms with van der Waals surface area (Å²) in [6, 6.07) is 9.35. The zero-order valence-corrected chi connectivity index (χ0v) is 13.1. The van der Waals surface area contributed by atoms with Gasteiger partial charge in [-0.15, -0.1) is 0 Å². The number of hydrogen-bond donors (Lipinski definition) is 0. The van der Waals surface area contributed by atoms with Gasteiger partial charge in [0, 0.05) is 20.6 Å². The standard InChI is InChI=1S/C14H9Br2FO2/c1-19-9-3-4-10(13(17)7-9)14(18)11-6-8(15)2-5-12(11)16/h2-7H,1H3. The summed E-state index contributed by atoms with van der Waals surface area (Å²) in [5, 5.41) is 0. The molecule has 0 aliphatic heterocycles. The summed E-state index contributed by atoms with van der Waals surface area (Å²) in [6.45, 7) is 0. The average molecular weight is 388 g/mol. The predicted molar refractivity (Wildman–Crippen MR) is 78.2 cm³/mol. The van der Waals surface area contributed by atoms with Gasteiger partial charge in [-0.05, 0) is 30.3 Å². The third kappa shape index (κ3) is 3.04. The lowest BCUT2D eigenvalue weighted by Gasteiger charge is -2.07. The van der Waals surface area contributed by atoms with Crippen molar-refractivity contribution in [3.63, 3.8) is 0 Å². The molecular formula is C14H9Br2FO2. The molecule has 0 fully saturated rings. The summed E-state index contributed by atoms with van der Waals surface area (Å²) in [4.78, 5) is 12.3. The van der Waals surface area contributed by atoms with Gasteiger partial charge in [0.2, 0.25) is 0 Å². The van der Waals surface area contributed by atoms with E-state index in [0.717, 1.165) is 4.47 Å². The Labute approximate surface area is 126 Å². The highest BCUT2D eigenvalue weighted by Crippen LogP contribution is 2.26. The van der Waals surface area contributed by atoms with Crippen LogP contribution in [0.2, 0.25) is 0 Å². The quantitative estimate of drug-likeness (QED) is 0.720. The molecule has 2 rings (SSSR count). The smallest absolute Gasteiger partial charge is 0.197 e. The summed E-state index contributed by atoms with van der Waals surface area (Å²) in [5.74, 6) is -0.605. The molecule has 0 atom stereocenters. The molecule has 0 aliphatic rings. The van der Waals surface area contributed by atoms with Crippen molar-refractivity contribution in [1.82, 2.24) is 0 Å². The number of carbonyl (C=O) groups excluding carboxylic acids is 1. The third-order valence-electron chi connectivity index (χ3n) is 2.59. The minimum Gasteiger partial charge on any atom is -0.497 e. The van der Waals surface area contributed by atoms with Crippen LogP contribution < -0.4 is 4.74 Å². The van der Waals surface area contributed by atoms with Gasteiger partial charge in [0.05, 0.1) is 12.7 Å². The van der Waals surface area contributed by atoms with Crippen molar-refractivity contribution in [3.8, 4) is 5.75 Å². The first-order valence-corrected chi connectivity index (χ1v) is 6.95. The zero-order valence-electron chi connectivity index (χ0n) is 9.91. The number of ether oxygens (including phenoxy) is 1. The highest BCUT2D eigenvalue weighted by atomic mass is 79.9. The van der Waals surface area contributed by atoms with Crippen molar-refractivity contribution in [2.75, 3.05) is 7.11 Å². The maximum absolute atomic E-state index is 13.9. The molecule has 98 valence electrons. The number of halogens is 3. The largest absolute Gasteiger partial charge is 0.497 e. The highest BCUT2D eigenvalue weighted by Gasteiger charge is 2.17. The number of carbonyl (C=O) groups is 1. The second-order valence-corrected chi connectivity index (χ2v) is 5.57. The van der Waals surface area contributed by atoms with Crippen molar-refractivity contribution in [2.45, 2.75) is 0 Å². The molecule has 0 saturated carbocycles. The number of rotatable bonds is 3. The number of benzene rings is 2. The van der Waals surface area contributed by atoms with Crippen molar-refractivity contribution in [1.29, 1.82) is 0 Å². The molecule has 0 aliphatic carbocycles. The normalized spacial score (nSPS) is 10.3. The van der Waals surface area contributed by atoms with Crippen molar-refractivity contribution < 1.29 is 13.9 Å². The molecule has 0 saturated heterocycles. The monoisotopic (exact) mass is 386 g/mol. The molecule has 19 heavy (non-hydrogen) atoms. The van der Waals surface area contributed by atoms with Crippen molar-refractivity contribution in [2.24, 2.45) is 0 Å². The van der Waals surface area contributed by atoms with Crippen LogP contribution in [-0.2, 0) is 0 Å². The Morgan fingerprint density at radius 1 is 1.11 bits per heavy atom. The molecule has 0 heterocycles. The summed E-state index contributed by atoms with van der Waals surface area (Å²) in [5.41, 5.74) is 0.415. The van der Waals surface area contributed by atoms with Crippen LogP contribution in [0.4, 0.5) is 4.39 Å². The van der Waals surface area contributed by atoms with Crippen LogP contribution >= 0.6 is 31.9 Å². The zero-order chi connectivity index (χ0) is 14.0. The Morgan fingerprint density at radius 2 is 1.84 bits per heavy atom. The summed E-state index contributed by atoms with van der Waals surface area (Å²) < 4.78 is 20.2. The second-order valence-electron chi connectivity index (χ2n) is 3.80. The van der Waals surface area contributed by atoms with E-state index in [1.807, 2.05) is 0 Å². The van der Waals surface area contributed by atoms with Crippen molar-refractivity contribution >= 4 is 37.6 Å². The van der Waals surface area contributed by atoms with E-state index in [1.165, 1.54) is 19.2 Å². The maximum Gasteiger partial charge on any atom is 0.197 e. The van der Waals surface area contributed by atoms with Gasteiger partial charge in [-0.1, -0.05) is 31.9 Å². The molecule has 0 amide bonds. The lowest BCUT2D eigenvalue weighted by Crippen LogP contribution is -2.05. The maximum atomic E-state index is 13.9. The average Bonchev–Trinajstić information content (AvgIpc) is 2.40.